The molecule has 0 aliphatic carbocycles. The fraction of sp³-hybridized carbons (Fsp3) is 0.692. The van der Waals surface area contributed by atoms with Gasteiger partial charge in [0.05, 0.1) is 6.61 Å². The number of thioether (sulfide) groups is 1. The number of esters is 1. The molecule has 1 amide bonds. The molecule has 1 saturated heterocycles. The van der Waals surface area contributed by atoms with Crippen molar-refractivity contribution in [2.24, 2.45) is 5.73 Å². The Morgan fingerprint density at radius 2 is 2.15 bits per heavy atom. The number of hydrogen-bond donors (Lipinski definition) is 1. The van der Waals surface area contributed by atoms with E-state index in [4.69, 9.17) is 15.2 Å². The standard InChI is InChI=1S/C13H20N2O4S/c1-13(2,3)19-12(17)9-7(5-18-4)6-20-11-8(14)10(16)15(9)11/h8,11H,5-6,14H2,1-4H3/t8?,11-/m1/s1. The van der Waals surface area contributed by atoms with Crippen LogP contribution in [-0.2, 0) is 19.1 Å². The van der Waals surface area contributed by atoms with E-state index < -0.39 is 17.6 Å². The summed E-state index contributed by atoms with van der Waals surface area (Å²) >= 11 is 1.55. The lowest BCUT2D eigenvalue weighted by molar-refractivity contribution is -0.158. The van der Waals surface area contributed by atoms with Crippen molar-refractivity contribution in [1.29, 1.82) is 0 Å². The van der Waals surface area contributed by atoms with E-state index in [9.17, 15) is 9.59 Å². The average Bonchev–Trinajstić information content (AvgIpc) is 2.35. The molecule has 0 radical (unpaired) electrons. The average molecular weight is 300 g/mol. The van der Waals surface area contributed by atoms with Crippen LogP contribution in [0.2, 0.25) is 0 Å². The van der Waals surface area contributed by atoms with Crippen LogP contribution in [0.3, 0.4) is 0 Å². The molecule has 0 aromatic carbocycles. The maximum absolute atomic E-state index is 12.4. The molecule has 112 valence electrons. The van der Waals surface area contributed by atoms with E-state index in [0.717, 1.165) is 5.57 Å². The van der Waals surface area contributed by atoms with Crippen molar-refractivity contribution in [1.82, 2.24) is 4.90 Å². The van der Waals surface area contributed by atoms with E-state index >= 15 is 0 Å². The van der Waals surface area contributed by atoms with Gasteiger partial charge in [0.2, 0.25) is 5.91 Å². The maximum Gasteiger partial charge on any atom is 0.355 e. The van der Waals surface area contributed by atoms with E-state index in [1.807, 2.05) is 0 Å². The van der Waals surface area contributed by atoms with Crippen molar-refractivity contribution in [2.45, 2.75) is 37.8 Å². The molecule has 0 aromatic heterocycles. The number of carbonyl (C=O) groups excluding carboxylic acids is 2. The smallest absolute Gasteiger partial charge is 0.355 e. The Bertz CT molecular complexity index is 469. The van der Waals surface area contributed by atoms with E-state index in [-0.39, 0.29) is 11.3 Å². The summed E-state index contributed by atoms with van der Waals surface area (Å²) in [6.45, 7) is 5.67. The van der Waals surface area contributed by atoms with Gasteiger partial charge in [-0.2, -0.15) is 0 Å². The zero-order valence-electron chi connectivity index (χ0n) is 12.1. The van der Waals surface area contributed by atoms with Gasteiger partial charge < -0.3 is 15.2 Å². The fourth-order valence-electron chi connectivity index (χ4n) is 2.18. The van der Waals surface area contributed by atoms with Crippen molar-refractivity contribution < 1.29 is 19.1 Å². The molecule has 20 heavy (non-hydrogen) atoms. The molecule has 2 aliphatic heterocycles. The van der Waals surface area contributed by atoms with Crippen molar-refractivity contribution >= 4 is 23.6 Å². The van der Waals surface area contributed by atoms with E-state index in [0.29, 0.717) is 18.1 Å². The van der Waals surface area contributed by atoms with Crippen LogP contribution >= 0.6 is 11.8 Å². The maximum atomic E-state index is 12.4. The van der Waals surface area contributed by atoms with Gasteiger partial charge in [-0.25, -0.2) is 4.79 Å². The number of nitrogens with zero attached hydrogens (tertiary/aromatic N) is 1. The Hall–Kier alpha value is -1.05. The van der Waals surface area contributed by atoms with Gasteiger partial charge in [0, 0.05) is 12.9 Å². The summed E-state index contributed by atoms with van der Waals surface area (Å²) in [5.41, 5.74) is 6.22. The predicted octanol–water partition coefficient (Wildman–Crippen LogP) is 0.471. The van der Waals surface area contributed by atoms with Gasteiger partial charge in [-0.05, 0) is 26.3 Å². The highest BCUT2D eigenvalue weighted by Crippen LogP contribution is 2.40. The van der Waals surface area contributed by atoms with E-state index in [1.165, 1.54) is 4.90 Å². The topological polar surface area (TPSA) is 81.9 Å². The second kappa shape index (κ2) is 5.38. The zero-order chi connectivity index (χ0) is 15.1. The number of rotatable bonds is 3. The van der Waals surface area contributed by atoms with Crippen molar-refractivity contribution in [3.05, 3.63) is 11.3 Å². The summed E-state index contributed by atoms with van der Waals surface area (Å²) < 4.78 is 10.5. The molecule has 2 heterocycles. The third kappa shape index (κ3) is 2.70. The minimum absolute atomic E-state index is 0.175. The molecule has 1 fully saturated rings. The molecule has 1 unspecified atom stereocenters. The minimum atomic E-state index is -0.613. The first-order chi connectivity index (χ1) is 9.26. The van der Waals surface area contributed by atoms with Crippen LogP contribution in [0.4, 0.5) is 0 Å². The molecular weight excluding hydrogens is 280 g/mol. The van der Waals surface area contributed by atoms with Crippen LogP contribution in [0.15, 0.2) is 11.3 Å². The molecule has 0 saturated carbocycles. The highest BCUT2D eigenvalue weighted by molar-refractivity contribution is 8.00. The predicted molar refractivity (Wildman–Crippen MR) is 75.8 cm³/mol. The van der Waals surface area contributed by atoms with Gasteiger partial charge in [0.15, 0.2) is 0 Å². The number of nitrogens with two attached hydrogens (primary N) is 1. The second-order valence-corrected chi connectivity index (χ2v) is 6.93. The Balaban J connectivity index is 2.31. The Morgan fingerprint density at radius 1 is 1.50 bits per heavy atom. The number of methoxy groups -OCH3 is 1. The molecule has 2 aliphatic rings. The monoisotopic (exact) mass is 300 g/mol. The van der Waals surface area contributed by atoms with E-state index in [2.05, 4.69) is 0 Å². The number of amides is 1. The molecule has 6 nitrogen and oxygen atoms in total. The lowest BCUT2D eigenvalue weighted by atomic mass is 10.0. The molecular formula is C13H20N2O4S. The third-order valence-electron chi connectivity index (χ3n) is 3.00. The van der Waals surface area contributed by atoms with Crippen LogP contribution in [0, 0.1) is 0 Å². The van der Waals surface area contributed by atoms with Crippen LogP contribution < -0.4 is 5.73 Å². The second-order valence-electron chi connectivity index (χ2n) is 5.82. The summed E-state index contributed by atoms with van der Waals surface area (Å²) in [5, 5.41) is -0.175. The van der Waals surface area contributed by atoms with Crippen LogP contribution in [-0.4, -0.2) is 53.3 Å². The van der Waals surface area contributed by atoms with Crippen LogP contribution in [0.1, 0.15) is 20.8 Å². The molecule has 2 N–H and O–H groups in total. The first kappa shape index (κ1) is 15.3. The highest BCUT2D eigenvalue weighted by atomic mass is 32.2. The number of hydrogen-bond acceptors (Lipinski definition) is 6. The lowest BCUT2D eigenvalue weighted by Gasteiger charge is -2.48. The van der Waals surface area contributed by atoms with Crippen LogP contribution in [0.25, 0.3) is 0 Å². The molecule has 2 rings (SSSR count). The number of β-lactam (4-membered cyclic amide) rings is 1. The quantitative estimate of drug-likeness (QED) is 0.603. The first-order valence-corrected chi connectivity index (χ1v) is 7.45. The number of carbonyl (C=O) groups is 2. The largest absolute Gasteiger partial charge is 0.455 e. The molecule has 0 bridgehead atoms. The normalized spacial score (nSPS) is 26.2. The lowest BCUT2D eigenvalue weighted by Crippen LogP contribution is -2.68. The number of fused-ring (bicyclic) bond motifs is 1. The van der Waals surface area contributed by atoms with Gasteiger partial charge in [-0.3, -0.25) is 9.69 Å². The first-order valence-electron chi connectivity index (χ1n) is 6.41. The van der Waals surface area contributed by atoms with Crippen molar-refractivity contribution in [3.63, 3.8) is 0 Å². The third-order valence-corrected chi connectivity index (χ3v) is 4.36. The van der Waals surface area contributed by atoms with Gasteiger partial charge in [0.1, 0.15) is 22.7 Å². The SMILES string of the molecule is COCC1=C(C(=O)OC(C)(C)C)N2C(=O)C(N)[C@H]2SC1. The van der Waals surface area contributed by atoms with Crippen molar-refractivity contribution in [2.75, 3.05) is 19.5 Å². The van der Waals surface area contributed by atoms with Gasteiger partial charge in [-0.1, -0.05) is 0 Å². The number of ether oxygens (including phenoxy) is 2. The van der Waals surface area contributed by atoms with Gasteiger partial charge >= 0.3 is 5.97 Å². The Morgan fingerprint density at radius 3 is 2.70 bits per heavy atom. The molecule has 7 heteroatoms. The molecule has 0 aromatic rings. The fourth-order valence-corrected chi connectivity index (χ4v) is 3.45. The Kier molecular flexibility index (Phi) is 4.13. The highest BCUT2D eigenvalue weighted by Gasteiger charge is 2.52. The van der Waals surface area contributed by atoms with Gasteiger partial charge in [-0.15, -0.1) is 11.8 Å². The van der Waals surface area contributed by atoms with Gasteiger partial charge in [0.25, 0.3) is 0 Å². The molecule has 0 spiro atoms. The van der Waals surface area contributed by atoms with Crippen LogP contribution in [0.5, 0.6) is 0 Å². The van der Waals surface area contributed by atoms with Crippen molar-refractivity contribution in [3.8, 4) is 0 Å². The minimum Gasteiger partial charge on any atom is -0.455 e. The zero-order valence-corrected chi connectivity index (χ0v) is 13.0. The summed E-state index contributed by atoms with van der Waals surface area (Å²) in [7, 11) is 1.56. The Labute approximate surface area is 122 Å². The summed E-state index contributed by atoms with van der Waals surface area (Å²) in [6, 6.07) is -0.540. The summed E-state index contributed by atoms with van der Waals surface area (Å²) in [4.78, 5) is 25.7. The summed E-state index contributed by atoms with van der Waals surface area (Å²) in [6.07, 6.45) is 0. The van der Waals surface area contributed by atoms with E-state index in [1.54, 1.807) is 39.6 Å². The molecule has 2 atom stereocenters. The summed E-state index contributed by atoms with van der Waals surface area (Å²) in [5.74, 6) is -0.114.